The summed E-state index contributed by atoms with van der Waals surface area (Å²) in [6.45, 7) is 6.05. The summed E-state index contributed by atoms with van der Waals surface area (Å²) >= 11 is 6.38. The van der Waals surface area contributed by atoms with E-state index in [9.17, 15) is 27.6 Å². The van der Waals surface area contributed by atoms with Crippen LogP contribution in [-0.4, -0.2) is 155 Å². The maximum Gasteiger partial charge on any atom is 0.501 e. The molecular formula is C43H54ClN5O17S. The molecule has 3 aromatic carbocycles. The molecule has 0 aliphatic carbocycles. The van der Waals surface area contributed by atoms with E-state index in [1.807, 2.05) is 11.9 Å². The third kappa shape index (κ3) is 13.7. The number of hydrogen-bond donors (Lipinski definition) is 0. The average molecular weight is 980 g/mol. The third-order valence-electron chi connectivity index (χ3n) is 10.6. The van der Waals surface area contributed by atoms with E-state index < -0.39 is 70.5 Å². The Morgan fingerprint density at radius 3 is 2.18 bits per heavy atom. The Hall–Kier alpha value is -5.81. The number of rotatable bonds is 24. The summed E-state index contributed by atoms with van der Waals surface area (Å²) in [6, 6.07) is 10.2. The largest absolute Gasteiger partial charge is 0.501 e. The van der Waals surface area contributed by atoms with Gasteiger partial charge in [-0.1, -0.05) is 12.0 Å². The van der Waals surface area contributed by atoms with Crippen LogP contribution >= 0.6 is 11.6 Å². The summed E-state index contributed by atoms with van der Waals surface area (Å²) in [7, 11) is 0.846. The molecule has 0 aromatic heterocycles. The van der Waals surface area contributed by atoms with Gasteiger partial charge < -0.3 is 60.8 Å². The summed E-state index contributed by atoms with van der Waals surface area (Å²) in [6.07, 6.45) is -6.00. The zero-order chi connectivity index (χ0) is 48.8. The summed E-state index contributed by atoms with van der Waals surface area (Å²) in [5.74, 6) is -4.33. The highest BCUT2D eigenvalue weighted by Gasteiger charge is 2.52. The van der Waals surface area contributed by atoms with Gasteiger partial charge in [-0.05, 0) is 52.9 Å². The number of carbonyl (C=O) groups is 4. The molecule has 24 heteroatoms. The Labute approximate surface area is 392 Å². The molecule has 2 unspecified atom stereocenters. The second-order valence-electron chi connectivity index (χ2n) is 15.3. The fourth-order valence-electron chi connectivity index (χ4n) is 7.48. The van der Waals surface area contributed by atoms with E-state index in [-0.39, 0.29) is 62.5 Å². The standard InChI is InChI=1S/C43H54ClN5O17S/c1-25-38(61-26(2)50)40(62-27(3)51)43(64-39(25)42(53)57-7)63-34-11-8-28(41(52)48(4)13-15-59-17-19-60-18-16-58-14-12-46-47-45)20-36(34)66-67(54,55)65-35-22-33-37(29(23-44)24-49(33)5)32-21-30(56-6)9-10-31(32)35/h8-11,20-22,25,29,38-40,43H,12-19,23-24H2,1-7H3/t25?,29-,38+,39+,40-,43?/m1/s1. The van der Waals surface area contributed by atoms with E-state index in [1.165, 1.54) is 38.1 Å². The Kier molecular flexibility index (Phi) is 18.9. The maximum absolute atomic E-state index is 14.1. The zero-order valence-corrected chi connectivity index (χ0v) is 39.6. The SMILES string of the molecule is COC(=O)[C@H]1OC(Oc2ccc(C(=O)N(C)CCOCCOCCOCCN=[N+]=[N-])cc2OS(=O)(=O)Oc2cc3c(c4cc(OC)ccc24)[C@H](CCl)CN3C)[C@H](OC(C)=O)[C@@H](OC(C)=O)C1C. The van der Waals surface area contributed by atoms with Crippen molar-refractivity contribution in [3.8, 4) is 23.0 Å². The molecule has 0 N–H and O–H groups in total. The van der Waals surface area contributed by atoms with Crippen LogP contribution in [0.2, 0.25) is 0 Å². The van der Waals surface area contributed by atoms with Crippen LogP contribution in [0.25, 0.3) is 21.2 Å². The number of azide groups is 1. The topological polar surface area (TPSA) is 259 Å². The van der Waals surface area contributed by atoms with Crippen molar-refractivity contribution in [1.29, 1.82) is 0 Å². The van der Waals surface area contributed by atoms with Gasteiger partial charge in [0.05, 0.1) is 53.9 Å². The van der Waals surface area contributed by atoms with Gasteiger partial charge in [-0.15, -0.1) is 20.0 Å². The average Bonchev–Trinajstić information content (AvgIpc) is 3.62. The van der Waals surface area contributed by atoms with Crippen LogP contribution in [-0.2, 0) is 57.9 Å². The molecule has 3 aromatic rings. The first kappa shape index (κ1) is 52.2. The molecule has 0 spiro atoms. The fraction of sp³-hybridized carbons (Fsp3) is 0.535. The summed E-state index contributed by atoms with van der Waals surface area (Å²) in [5.41, 5.74) is 9.79. The van der Waals surface area contributed by atoms with Crippen LogP contribution in [0.15, 0.2) is 47.6 Å². The number of ether oxygens (including phenoxy) is 9. The molecule has 0 bridgehead atoms. The lowest BCUT2D eigenvalue weighted by atomic mass is 9.90. The number of hydrogen-bond acceptors (Lipinski definition) is 19. The second-order valence-corrected chi connectivity index (χ2v) is 16.7. The minimum atomic E-state index is -5.11. The van der Waals surface area contributed by atoms with Gasteiger partial charge in [0.2, 0.25) is 12.4 Å². The van der Waals surface area contributed by atoms with Gasteiger partial charge in [0.15, 0.2) is 29.5 Å². The Morgan fingerprint density at radius 1 is 0.881 bits per heavy atom. The Morgan fingerprint density at radius 2 is 1.54 bits per heavy atom. The number of esters is 3. The number of methoxy groups -OCH3 is 2. The number of fused-ring (bicyclic) bond motifs is 3. The molecule has 0 saturated carbocycles. The van der Waals surface area contributed by atoms with Crippen LogP contribution < -0.4 is 22.7 Å². The van der Waals surface area contributed by atoms with Crippen LogP contribution in [0.5, 0.6) is 23.0 Å². The van der Waals surface area contributed by atoms with Gasteiger partial charge in [-0.25, -0.2) is 4.79 Å². The summed E-state index contributed by atoms with van der Waals surface area (Å²) in [4.78, 5) is 57.3. The van der Waals surface area contributed by atoms with Gasteiger partial charge in [0.1, 0.15) is 5.75 Å². The summed E-state index contributed by atoms with van der Waals surface area (Å²) < 4.78 is 89.5. The number of nitrogens with zero attached hydrogens (tertiary/aromatic N) is 5. The van der Waals surface area contributed by atoms with Crippen molar-refractivity contribution in [3.63, 3.8) is 0 Å². The zero-order valence-electron chi connectivity index (χ0n) is 38.0. The highest BCUT2D eigenvalue weighted by Crippen LogP contribution is 2.46. The molecule has 2 aliphatic rings. The molecule has 1 amide bonds. The Bertz CT molecular complexity index is 2400. The van der Waals surface area contributed by atoms with Crippen LogP contribution in [0.1, 0.15) is 42.6 Å². The normalized spacial score (nSPS) is 20.0. The monoisotopic (exact) mass is 979 g/mol. The Balaban J connectivity index is 1.44. The number of amides is 1. The number of anilines is 1. The van der Waals surface area contributed by atoms with Crippen molar-refractivity contribution in [3.05, 3.63) is 64.0 Å². The molecule has 22 nitrogen and oxygen atoms in total. The van der Waals surface area contributed by atoms with Crippen LogP contribution in [0.3, 0.4) is 0 Å². The molecule has 67 heavy (non-hydrogen) atoms. The van der Waals surface area contributed by atoms with E-state index in [0.717, 1.165) is 32.6 Å². The second kappa shape index (κ2) is 24.3. The van der Waals surface area contributed by atoms with Gasteiger partial charge >= 0.3 is 28.3 Å². The maximum atomic E-state index is 14.1. The van der Waals surface area contributed by atoms with Crippen molar-refractivity contribution in [1.82, 2.24) is 4.90 Å². The molecule has 6 atom stereocenters. The molecule has 5 rings (SSSR count). The number of likely N-dealkylation sites (N-methyl/N-ethyl adjacent to an activating group) is 2. The first-order chi connectivity index (χ1) is 32.0. The van der Waals surface area contributed by atoms with E-state index in [2.05, 4.69) is 10.0 Å². The quantitative estimate of drug-likeness (QED) is 0.0227. The summed E-state index contributed by atoms with van der Waals surface area (Å²) in [5, 5.41) is 4.42. The number of carbonyl (C=O) groups excluding carboxylic acids is 4. The molecule has 1 fully saturated rings. The number of alkyl halides is 1. The molecule has 2 heterocycles. The molecule has 366 valence electrons. The van der Waals surface area contributed by atoms with Gasteiger partial charge in [-0.2, -0.15) is 0 Å². The lowest BCUT2D eigenvalue weighted by molar-refractivity contribution is -0.266. The van der Waals surface area contributed by atoms with Gasteiger partial charge in [0.25, 0.3) is 5.91 Å². The molecule has 2 aliphatic heterocycles. The van der Waals surface area contributed by atoms with Crippen molar-refractivity contribution < 1.29 is 78.6 Å². The van der Waals surface area contributed by atoms with E-state index in [4.69, 9.17) is 68.1 Å². The predicted molar refractivity (Wildman–Crippen MR) is 239 cm³/mol. The lowest BCUT2D eigenvalue weighted by Gasteiger charge is -2.42. The van der Waals surface area contributed by atoms with Crippen molar-refractivity contribution in [2.24, 2.45) is 11.0 Å². The number of benzene rings is 3. The fourth-order valence-corrected chi connectivity index (χ4v) is 8.47. The minimum absolute atomic E-state index is 0.0624. The lowest BCUT2D eigenvalue weighted by Crippen LogP contribution is -2.60. The van der Waals surface area contributed by atoms with Crippen LogP contribution in [0, 0.1) is 5.92 Å². The highest BCUT2D eigenvalue weighted by atomic mass is 35.5. The van der Waals surface area contributed by atoms with E-state index in [1.54, 1.807) is 24.3 Å². The smallest absolute Gasteiger partial charge is 0.497 e. The van der Waals surface area contributed by atoms with Crippen molar-refractivity contribution in [2.75, 3.05) is 98.4 Å². The van der Waals surface area contributed by atoms with E-state index >= 15 is 0 Å². The van der Waals surface area contributed by atoms with E-state index in [0.29, 0.717) is 47.8 Å². The molecule has 0 radical (unpaired) electrons. The van der Waals surface area contributed by atoms with Gasteiger partial charge in [-0.3, -0.25) is 14.4 Å². The first-order valence-electron chi connectivity index (χ1n) is 21.0. The number of halogens is 1. The molecular weight excluding hydrogens is 926 g/mol. The van der Waals surface area contributed by atoms with Crippen molar-refractivity contribution >= 4 is 62.3 Å². The van der Waals surface area contributed by atoms with Crippen molar-refractivity contribution in [2.45, 2.75) is 51.3 Å². The molecule has 1 saturated heterocycles. The third-order valence-corrected chi connectivity index (χ3v) is 11.8. The minimum Gasteiger partial charge on any atom is -0.497 e. The highest BCUT2D eigenvalue weighted by molar-refractivity contribution is 7.82. The van der Waals surface area contributed by atoms with Crippen LogP contribution in [0.4, 0.5) is 5.69 Å². The first-order valence-corrected chi connectivity index (χ1v) is 22.8. The predicted octanol–water partition coefficient (Wildman–Crippen LogP) is 4.53. The van der Waals surface area contributed by atoms with Gasteiger partial charge in [0, 0.05) is 92.9 Å².